The van der Waals surface area contributed by atoms with Crippen LogP contribution in [0.15, 0.2) is 12.1 Å². The predicted molar refractivity (Wildman–Crippen MR) is 85.6 cm³/mol. The van der Waals surface area contributed by atoms with Crippen LogP contribution >= 0.6 is 8.58 Å². The van der Waals surface area contributed by atoms with Gasteiger partial charge in [0.1, 0.15) is 22.8 Å². The first-order chi connectivity index (χ1) is 10.2. The van der Waals surface area contributed by atoms with Crippen LogP contribution in [0.4, 0.5) is 0 Å². The lowest BCUT2D eigenvalue weighted by molar-refractivity contribution is 0.107. The summed E-state index contributed by atoms with van der Waals surface area (Å²) >= 11 is 0. The number of carbonyl (C=O) groups excluding carboxylic acids is 1. The van der Waals surface area contributed by atoms with Crippen molar-refractivity contribution >= 4 is 14.1 Å². The predicted octanol–water partition coefficient (Wildman–Crippen LogP) is 3.86. The Balaban J connectivity index is 2.25. The molecule has 1 aromatic carbocycles. The number of methoxy groups -OCH3 is 3. The molecule has 1 fully saturated rings. The molecule has 1 aliphatic rings. The van der Waals surface area contributed by atoms with Gasteiger partial charge in [-0.15, -0.1) is 0 Å². The number of rotatable bonds is 6. The molecule has 1 aromatic rings. The lowest BCUT2D eigenvalue weighted by Crippen LogP contribution is -2.10. The highest BCUT2D eigenvalue weighted by Gasteiger charge is 2.24. The van der Waals surface area contributed by atoms with Gasteiger partial charge < -0.3 is 14.2 Å². The number of hydrogen-bond donors (Lipinski definition) is 0. The van der Waals surface area contributed by atoms with Crippen molar-refractivity contribution in [2.75, 3.05) is 21.3 Å². The average molecular weight is 310 g/mol. The lowest BCUT2D eigenvalue weighted by atomic mass is 10.0. The maximum atomic E-state index is 12.7. The summed E-state index contributed by atoms with van der Waals surface area (Å²) in [6.07, 6.45) is 6.09. The zero-order valence-electron chi connectivity index (χ0n) is 12.9. The van der Waals surface area contributed by atoms with Crippen molar-refractivity contribution < 1.29 is 19.0 Å². The Morgan fingerprint density at radius 2 is 1.57 bits per heavy atom. The molecule has 0 heterocycles. The maximum Gasteiger partial charge on any atom is 0.188 e. The van der Waals surface area contributed by atoms with E-state index < -0.39 is 0 Å². The maximum absolute atomic E-state index is 12.7. The van der Waals surface area contributed by atoms with Gasteiger partial charge in [-0.25, -0.2) is 0 Å². The third-order valence-corrected chi connectivity index (χ3v) is 5.38. The van der Waals surface area contributed by atoms with Crippen LogP contribution < -0.4 is 14.2 Å². The molecule has 0 amide bonds. The normalized spacial score (nSPS) is 16.1. The van der Waals surface area contributed by atoms with Gasteiger partial charge in [0.2, 0.25) is 0 Å². The Bertz CT molecular complexity index is 470. The number of ether oxygens (including phenoxy) is 3. The molecule has 5 heteroatoms. The Kier molecular flexibility index (Phi) is 5.86. The SMILES string of the molecule is COc1cc(OC)c(C(=O)PC2CCCCC2)c(OC)c1. The highest BCUT2D eigenvalue weighted by atomic mass is 31.1. The van der Waals surface area contributed by atoms with E-state index >= 15 is 0 Å². The summed E-state index contributed by atoms with van der Waals surface area (Å²) in [5.41, 5.74) is 1.19. The Hall–Kier alpha value is -1.28. The summed E-state index contributed by atoms with van der Waals surface area (Å²) < 4.78 is 15.9. The number of hydrogen-bond acceptors (Lipinski definition) is 4. The van der Waals surface area contributed by atoms with E-state index in [4.69, 9.17) is 14.2 Å². The average Bonchev–Trinajstić information content (AvgIpc) is 2.54. The van der Waals surface area contributed by atoms with Crippen molar-refractivity contribution in [1.82, 2.24) is 0 Å². The smallest absolute Gasteiger partial charge is 0.188 e. The van der Waals surface area contributed by atoms with Crippen molar-refractivity contribution in [3.05, 3.63) is 17.7 Å². The molecule has 0 radical (unpaired) electrons. The van der Waals surface area contributed by atoms with Gasteiger partial charge in [0.15, 0.2) is 5.52 Å². The van der Waals surface area contributed by atoms with Crippen LogP contribution in [-0.2, 0) is 0 Å². The summed E-state index contributed by atoms with van der Waals surface area (Å²) in [6, 6.07) is 3.47. The molecule has 1 aliphatic carbocycles. The fourth-order valence-corrected chi connectivity index (χ4v) is 4.19. The molecule has 21 heavy (non-hydrogen) atoms. The van der Waals surface area contributed by atoms with Crippen LogP contribution in [-0.4, -0.2) is 32.5 Å². The molecule has 1 saturated carbocycles. The molecule has 0 bridgehead atoms. The molecule has 0 aliphatic heterocycles. The van der Waals surface area contributed by atoms with Crippen molar-refractivity contribution in [1.29, 1.82) is 0 Å². The molecule has 2 rings (SSSR count). The molecule has 4 nitrogen and oxygen atoms in total. The van der Waals surface area contributed by atoms with E-state index in [1.807, 2.05) is 0 Å². The second-order valence-corrected chi connectivity index (χ2v) is 6.77. The summed E-state index contributed by atoms with van der Waals surface area (Å²) in [6.45, 7) is 0. The minimum Gasteiger partial charge on any atom is -0.496 e. The van der Waals surface area contributed by atoms with Crippen molar-refractivity contribution in [3.8, 4) is 17.2 Å². The first kappa shape index (κ1) is 16.1. The largest absolute Gasteiger partial charge is 0.496 e. The minimum atomic E-state index is 0.123. The summed E-state index contributed by atoms with van der Waals surface area (Å²) in [5.74, 6) is 1.68. The van der Waals surface area contributed by atoms with Crippen LogP contribution in [0.3, 0.4) is 0 Å². The van der Waals surface area contributed by atoms with Gasteiger partial charge in [-0.2, -0.15) is 0 Å². The first-order valence-electron chi connectivity index (χ1n) is 7.30. The third-order valence-electron chi connectivity index (χ3n) is 3.88. The van der Waals surface area contributed by atoms with Gasteiger partial charge in [0.05, 0.1) is 21.3 Å². The Labute approximate surface area is 127 Å². The van der Waals surface area contributed by atoms with E-state index in [9.17, 15) is 4.79 Å². The fourth-order valence-electron chi connectivity index (χ4n) is 2.73. The molecule has 0 saturated heterocycles. The van der Waals surface area contributed by atoms with Crippen molar-refractivity contribution in [2.24, 2.45) is 0 Å². The number of benzene rings is 1. The molecule has 1 unspecified atom stereocenters. The van der Waals surface area contributed by atoms with Gasteiger partial charge in [-0.05, 0) is 27.1 Å². The third kappa shape index (κ3) is 3.88. The van der Waals surface area contributed by atoms with E-state index in [0.717, 1.165) is 12.8 Å². The quantitative estimate of drug-likeness (QED) is 0.748. The van der Waals surface area contributed by atoms with Gasteiger partial charge in [0.25, 0.3) is 0 Å². The number of carbonyl (C=O) groups is 1. The highest BCUT2D eigenvalue weighted by molar-refractivity contribution is 7.59. The fraction of sp³-hybridized carbons (Fsp3) is 0.562. The van der Waals surface area contributed by atoms with Gasteiger partial charge in [-0.3, -0.25) is 4.79 Å². The molecule has 116 valence electrons. The van der Waals surface area contributed by atoms with E-state index in [-0.39, 0.29) is 14.1 Å². The molecular formula is C16H23O4P. The first-order valence-corrected chi connectivity index (χ1v) is 8.38. The second-order valence-electron chi connectivity index (χ2n) is 5.22. The highest BCUT2D eigenvalue weighted by Crippen LogP contribution is 2.42. The molecule has 0 N–H and O–H groups in total. The summed E-state index contributed by atoms with van der Waals surface area (Å²) in [7, 11) is 5.00. The molecular weight excluding hydrogens is 287 g/mol. The summed E-state index contributed by atoms with van der Waals surface area (Å²) in [4.78, 5) is 12.7. The van der Waals surface area contributed by atoms with Gasteiger partial charge in [0, 0.05) is 12.1 Å². The van der Waals surface area contributed by atoms with Crippen LogP contribution in [0.1, 0.15) is 42.5 Å². The van der Waals surface area contributed by atoms with Crippen molar-refractivity contribution in [2.45, 2.75) is 37.8 Å². The second kappa shape index (κ2) is 7.65. The lowest BCUT2D eigenvalue weighted by Gasteiger charge is -2.21. The van der Waals surface area contributed by atoms with Gasteiger partial charge >= 0.3 is 0 Å². The minimum absolute atomic E-state index is 0.123. The van der Waals surface area contributed by atoms with Crippen molar-refractivity contribution in [3.63, 3.8) is 0 Å². The summed E-state index contributed by atoms with van der Waals surface area (Å²) in [5, 5.41) is 0. The zero-order chi connectivity index (χ0) is 15.2. The molecule has 1 atom stereocenters. The van der Waals surface area contributed by atoms with E-state index in [0.29, 0.717) is 28.5 Å². The van der Waals surface area contributed by atoms with Crippen LogP contribution in [0.25, 0.3) is 0 Å². The van der Waals surface area contributed by atoms with Crippen LogP contribution in [0.2, 0.25) is 0 Å². The Morgan fingerprint density at radius 3 is 2.05 bits per heavy atom. The molecule has 0 aromatic heterocycles. The Morgan fingerprint density at radius 1 is 1.00 bits per heavy atom. The van der Waals surface area contributed by atoms with E-state index in [1.165, 1.54) is 19.3 Å². The van der Waals surface area contributed by atoms with E-state index in [2.05, 4.69) is 0 Å². The van der Waals surface area contributed by atoms with Gasteiger partial charge in [-0.1, -0.05) is 19.3 Å². The monoisotopic (exact) mass is 310 g/mol. The van der Waals surface area contributed by atoms with Crippen LogP contribution in [0, 0.1) is 0 Å². The van der Waals surface area contributed by atoms with Crippen LogP contribution in [0.5, 0.6) is 17.2 Å². The molecule has 0 spiro atoms. The standard InChI is InChI=1S/C16H23O4P/c1-18-11-9-13(19-2)15(14(10-11)20-3)16(17)21-12-7-5-4-6-8-12/h9-10,12,21H,4-8H2,1-3H3. The zero-order valence-corrected chi connectivity index (χ0v) is 13.9. The topological polar surface area (TPSA) is 44.8 Å². The van der Waals surface area contributed by atoms with E-state index in [1.54, 1.807) is 33.5 Å².